The normalized spacial score (nSPS) is 12.8. The molecular weight excluding hydrogens is 250 g/mol. The molecule has 0 aliphatic carbocycles. The first-order valence-corrected chi connectivity index (χ1v) is 6.41. The first-order valence-electron chi connectivity index (χ1n) is 6.03. The first kappa shape index (κ1) is 13.0. The summed E-state index contributed by atoms with van der Waals surface area (Å²) in [6, 6.07) is 5.98. The van der Waals surface area contributed by atoms with Crippen molar-refractivity contribution in [1.29, 1.82) is 0 Å². The van der Waals surface area contributed by atoms with Gasteiger partial charge in [0.05, 0.1) is 6.42 Å². The molecule has 1 N–H and O–H groups in total. The Balaban J connectivity index is 2.63. The summed E-state index contributed by atoms with van der Waals surface area (Å²) in [7, 11) is 0. The fraction of sp³-hybridized carbons (Fsp3) is 0.357. The Morgan fingerprint density at radius 1 is 1.50 bits per heavy atom. The van der Waals surface area contributed by atoms with E-state index in [0.29, 0.717) is 11.1 Å². The van der Waals surface area contributed by atoms with Crippen LogP contribution in [0.25, 0.3) is 10.9 Å². The summed E-state index contributed by atoms with van der Waals surface area (Å²) >= 11 is 5.99. The molecule has 0 spiro atoms. The molecule has 1 unspecified atom stereocenters. The van der Waals surface area contributed by atoms with Crippen LogP contribution in [0.3, 0.4) is 0 Å². The molecular formula is C14H16ClNO2. The second-order valence-electron chi connectivity index (χ2n) is 4.55. The van der Waals surface area contributed by atoms with E-state index in [0.717, 1.165) is 22.9 Å². The molecule has 0 fully saturated rings. The summed E-state index contributed by atoms with van der Waals surface area (Å²) in [4.78, 5) is 10.9. The Morgan fingerprint density at radius 3 is 2.83 bits per heavy atom. The van der Waals surface area contributed by atoms with Gasteiger partial charge in [0, 0.05) is 28.2 Å². The monoisotopic (exact) mass is 265 g/mol. The molecule has 0 aliphatic rings. The Kier molecular flexibility index (Phi) is 3.62. The van der Waals surface area contributed by atoms with Gasteiger partial charge in [-0.15, -0.1) is 0 Å². The molecule has 0 amide bonds. The van der Waals surface area contributed by atoms with Gasteiger partial charge in [-0.3, -0.25) is 4.79 Å². The average Bonchev–Trinajstić information content (AvgIpc) is 2.66. The van der Waals surface area contributed by atoms with E-state index in [4.69, 9.17) is 16.7 Å². The highest BCUT2D eigenvalue weighted by atomic mass is 35.5. The van der Waals surface area contributed by atoms with E-state index in [-0.39, 0.29) is 6.42 Å². The number of aliphatic carboxylic acids is 1. The molecule has 0 aliphatic heterocycles. The average molecular weight is 266 g/mol. The Bertz CT molecular complexity index is 589. The van der Waals surface area contributed by atoms with Gasteiger partial charge < -0.3 is 9.67 Å². The predicted molar refractivity (Wildman–Crippen MR) is 73.3 cm³/mol. The van der Waals surface area contributed by atoms with Crippen molar-refractivity contribution in [2.75, 3.05) is 0 Å². The van der Waals surface area contributed by atoms with Gasteiger partial charge in [0.1, 0.15) is 0 Å². The SMILES string of the molecule is CCC(C)n1cc(CC(=O)O)c2cc(Cl)ccc21. The summed E-state index contributed by atoms with van der Waals surface area (Å²) < 4.78 is 2.13. The van der Waals surface area contributed by atoms with E-state index >= 15 is 0 Å². The van der Waals surface area contributed by atoms with Crippen LogP contribution < -0.4 is 0 Å². The van der Waals surface area contributed by atoms with E-state index in [9.17, 15) is 4.79 Å². The standard InChI is InChI=1S/C14H16ClNO2/c1-3-9(2)16-8-10(6-14(17)18)12-7-11(15)4-5-13(12)16/h4-5,7-9H,3,6H2,1-2H3,(H,17,18). The number of rotatable bonds is 4. The van der Waals surface area contributed by atoms with Crippen molar-refractivity contribution >= 4 is 28.5 Å². The third-order valence-corrected chi connectivity index (χ3v) is 3.52. The number of halogens is 1. The lowest BCUT2D eigenvalue weighted by Crippen LogP contribution is -2.02. The zero-order chi connectivity index (χ0) is 13.3. The van der Waals surface area contributed by atoms with Crippen molar-refractivity contribution in [3.05, 3.63) is 35.0 Å². The van der Waals surface area contributed by atoms with Crippen LogP contribution in [0.1, 0.15) is 31.9 Å². The van der Waals surface area contributed by atoms with Crippen LogP contribution in [0, 0.1) is 0 Å². The lowest BCUT2D eigenvalue weighted by atomic mass is 10.1. The summed E-state index contributed by atoms with van der Waals surface area (Å²) in [6.07, 6.45) is 2.96. The van der Waals surface area contributed by atoms with Crippen LogP contribution in [0.2, 0.25) is 5.02 Å². The molecule has 2 aromatic rings. The molecule has 0 saturated carbocycles. The van der Waals surface area contributed by atoms with E-state index < -0.39 is 5.97 Å². The lowest BCUT2D eigenvalue weighted by molar-refractivity contribution is -0.136. The summed E-state index contributed by atoms with van der Waals surface area (Å²) in [5.41, 5.74) is 1.87. The van der Waals surface area contributed by atoms with E-state index in [1.807, 2.05) is 24.4 Å². The second-order valence-corrected chi connectivity index (χ2v) is 4.99. The van der Waals surface area contributed by atoms with Crippen molar-refractivity contribution in [2.24, 2.45) is 0 Å². The maximum Gasteiger partial charge on any atom is 0.307 e. The van der Waals surface area contributed by atoms with Crippen molar-refractivity contribution in [1.82, 2.24) is 4.57 Å². The zero-order valence-corrected chi connectivity index (χ0v) is 11.2. The van der Waals surface area contributed by atoms with Gasteiger partial charge in [0.25, 0.3) is 0 Å². The minimum absolute atomic E-state index is 0.0281. The van der Waals surface area contributed by atoms with Crippen molar-refractivity contribution < 1.29 is 9.90 Å². The highest BCUT2D eigenvalue weighted by Crippen LogP contribution is 2.28. The highest BCUT2D eigenvalue weighted by molar-refractivity contribution is 6.31. The molecule has 0 radical (unpaired) electrons. The molecule has 1 aromatic carbocycles. The minimum atomic E-state index is -0.821. The molecule has 0 bridgehead atoms. The van der Waals surface area contributed by atoms with Gasteiger partial charge in [-0.25, -0.2) is 0 Å². The van der Waals surface area contributed by atoms with Gasteiger partial charge in [0.2, 0.25) is 0 Å². The number of hydrogen-bond acceptors (Lipinski definition) is 1. The predicted octanol–water partition coefficient (Wildman–Crippen LogP) is 3.89. The van der Waals surface area contributed by atoms with Gasteiger partial charge in [-0.2, -0.15) is 0 Å². The maximum atomic E-state index is 10.9. The number of aromatic nitrogens is 1. The molecule has 1 aromatic heterocycles. The van der Waals surface area contributed by atoms with Gasteiger partial charge in [-0.05, 0) is 37.1 Å². The van der Waals surface area contributed by atoms with Gasteiger partial charge in [-0.1, -0.05) is 18.5 Å². The van der Waals surface area contributed by atoms with Crippen LogP contribution in [0.4, 0.5) is 0 Å². The molecule has 1 heterocycles. The summed E-state index contributed by atoms with van der Waals surface area (Å²) in [5.74, 6) is -0.821. The summed E-state index contributed by atoms with van der Waals surface area (Å²) in [6.45, 7) is 4.24. The third kappa shape index (κ3) is 2.36. The third-order valence-electron chi connectivity index (χ3n) is 3.29. The van der Waals surface area contributed by atoms with Crippen LogP contribution in [-0.4, -0.2) is 15.6 Å². The Labute approximate surface area is 111 Å². The number of benzene rings is 1. The highest BCUT2D eigenvalue weighted by Gasteiger charge is 2.14. The molecule has 96 valence electrons. The van der Waals surface area contributed by atoms with E-state index in [1.54, 1.807) is 0 Å². The minimum Gasteiger partial charge on any atom is -0.481 e. The number of nitrogens with zero attached hydrogens (tertiary/aromatic N) is 1. The molecule has 4 heteroatoms. The Hall–Kier alpha value is -1.48. The van der Waals surface area contributed by atoms with Gasteiger partial charge >= 0.3 is 5.97 Å². The molecule has 3 nitrogen and oxygen atoms in total. The van der Waals surface area contributed by atoms with Crippen LogP contribution in [0.15, 0.2) is 24.4 Å². The summed E-state index contributed by atoms with van der Waals surface area (Å²) in [5, 5.41) is 10.5. The molecule has 2 rings (SSSR count). The number of carboxylic acid groups (broad SMARTS) is 1. The van der Waals surface area contributed by atoms with E-state index in [2.05, 4.69) is 18.4 Å². The number of carbonyl (C=O) groups is 1. The Morgan fingerprint density at radius 2 is 2.22 bits per heavy atom. The number of carboxylic acids is 1. The fourth-order valence-corrected chi connectivity index (χ4v) is 2.33. The topological polar surface area (TPSA) is 42.2 Å². The van der Waals surface area contributed by atoms with E-state index in [1.165, 1.54) is 0 Å². The lowest BCUT2D eigenvalue weighted by Gasteiger charge is -2.12. The van der Waals surface area contributed by atoms with Crippen molar-refractivity contribution in [3.8, 4) is 0 Å². The van der Waals surface area contributed by atoms with Crippen LogP contribution >= 0.6 is 11.6 Å². The molecule has 18 heavy (non-hydrogen) atoms. The molecule has 1 atom stereocenters. The van der Waals surface area contributed by atoms with Gasteiger partial charge in [0.15, 0.2) is 0 Å². The number of fused-ring (bicyclic) bond motifs is 1. The van der Waals surface area contributed by atoms with Crippen molar-refractivity contribution in [3.63, 3.8) is 0 Å². The smallest absolute Gasteiger partial charge is 0.307 e. The van der Waals surface area contributed by atoms with Crippen LogP contribution in [0.5, 0.6) is 0 Å². The molecule has 0 saturated heterocycles. The maximum absolute atomic E-state index is 10.9. The fourth-order valence-electron chi connectivity index (χ4n) is 2.16. The van der Waals surface area contributed by atoms with Crippen LogP contribution in [-0.2, 0) is 11.2 Å². The van der Waals surface area contributed by atoms with Crippen molar-refractivity contribution in [2.45, 2.75) is 32.7 Å². The largest absolute Gasteiger partial charge is 0.481 e. The first-order chi connectivity index (χ1) is 8.52. The second kappa shape index (κ2) is 5.02. The quantitative estimate of drug-likeness (QED) is 0.911. The number of hydrogen-bond donors (Lipinski definition) is 1. The zero-order valence-electron chi connectivity index (χ0n) is 10.5.